The highest BCUT2D eigenvalue weighted by atomic mass is 19.4. The fraction of sp³-hybridized carbons (Fsp3) is 0.625. The number of hydrogen-bond acceptors (Lipinski definition) is 2. The second-order valence-electron chi connectivity index (χ2n) is 6.05. The largest absolute Gasteiger partial charge is 0.488 e. The second kappa shape index (κ2) is 5.87. The van der Waals surface area contributed by atoms with Gasteiger partial charge in [0.2, 0.25) is 0 Å². The summed E-state index contributed by atoms with van der Waals surface area (Å²) in [5.74, 6) is -0.174. The van der Waals surface area contributed by atoms with Crippen LogP contribution >= 0.6 is 0 Å². The van der Waals surface area contributed by atoms with Gasteiger partial charge >= 0.3 is 6.18 Å². The number of nitrogens with one attached hydrogen (secondary N) is 1. The topological polar surface area (TPSA) is 21.3 Å². The zero-order valence-corrected chi connectivity index (χ0v) is 11.8. The van der Waals surface area contributed by atoms with E-state index >= 15 is 0 Å². The Morgan fingerprint density at radius 1 is 1.10 bits per heavy atom. The minimum atomic E-state index is -4.03. The molecule has 21 heavy (non-hydrogen) atoms. The number of para-hydroxylation sites is 1. The first-order valence-electron chi connectivity index (χ1n) is 7.57. The molecule has 1 aromatic rings. The summed E-state index contributed by atoms with van der Waals surface area (Å²) in [5, 5.41) is 3.38. The average molecular weight is 299 g/mol. The highest BCUT2D eigenvalue weighted by Gasteiger charge is 2.41. The predicted molar refractivity (Wildman–Crippen MR) is 74.4 cm³/mol. The van der Waals surface area contributed by atoms with Crippen LogP contribution in [0.25, 0.3) is 0 Å². The van der Waals surface area contributed by atoms with Crippen LogP contribution in [0, 0.1) is 5.92 Å². The first-order chi connectivity index (χ1) is 10.0. The fourth-order valence-electron chi connectivity index (χ4n) is 3.29. The van der Waals surface area contributed by atoms with E-state index in [1.54, 1.807) is 0 Å². The normalized spacial score (nSPS) is 29.0. The second-order valence-corrected chi connectivity index (χ2v) is 6.05. The van der Waals surface area contributed by atoms with Crippen molar-refractivity contribution in [2.75, 3.05) is 6.54 Å². The van der Waals surface area contributed by atoms with Crippen LogP contribution in [0.15, 0.2) is 24.3 Å². The third-order valence-electron chi connectivity index (χ3n) is 4.54. The van der Waals surface area contributed by atoms with Gasteiger partial charge < -0.3 is 10.1 Å². The molecule has 1 atom stereocenters. The van der Waals surface area contributed by atoms with E-state index in [-0.39, 0.29) is 25.0 Å². The summed E-state index contributed by atoms with van der Waals surface area (Å²) in [5.41, 5.74) is 1.21. The minimum absolute atomic E-state index is 0.0998. The maximum Gasteiger partial charge on any atom is 0.391 e. The highest BCUT2D eigenvalue weighted by molar-refractivity contribution is 5.37. The smallest absolute Gasteiger partial charge is 0.391 e. The molecular formula is C16H20F3NO. The van der Waals surface area contributed by atoms with Gasteiger partial charge in [-0.05, 0) is 37.3 Å². The molecule has 2 nitrogen and oxygen atoms in total. The van der Waals surface area contributed by atoms with Crippen LogP contribution in [0.3, 0.4) is 0 Å². The van der Waals surface area contributed by atoms with Gasteiger partial charge in [-0.3, -0.25) is 0 Å². The maximum atomic E-state index is 12.6. The fourth-order valence-corrected chi connectivity index (χ4v) is 3.29. The van der Waals surface area contributed by atoms with Gasteiger partial charge in [-0.2, -0.15) is 13.2 Å². The number of rotatable bonds is 3. The lowest BCUT2D eigenvalue weighted by Crippen LogP contribution is -2.41. The van der Waals surface area contributed by atoms with Crippen molar-refractivity contribution in [3.05, 3.63) is 29.8 Å². The van der Waals surface area contributed by atoms with E-state index in [2.05, 4.69) is 11.4 Å². The summed E-state index contributed by atoms with van der Waals surface area (Å²) in [7, 11) is 0. The molecule has 0 spiro atoms. The third-order valence-corrected chi connectivity index (χ3v) is 4.54. The molecule has 2 aliphatic rings. The van der Waals surface area contributed by atoms with Crippen LogP contribution in [0.1, 0.15) is 31.2 Å². The van der Waals surface area contributed by atoms with E-state index in [1.165, 1.54) is 5.56 Å². The molecule has 0 aromatic heterocycles. The monoisotopic (exact) mass is 299 g/mol. The van der Waals surface area contributed by atoms with Crippen molar-refractivity contribution in [1.29, 1.82) is 0 Å². The molecule has 1 fully saturated rings. The molecule has 0 radical (unpaired) electrons. The molecule has 1 N–H and O–H groups in total. The molecule has 5 heteroatoms. The Labute approximate surface area is 122 Å². The van der Waals surface area contributed by atoms with E-state index in [0.717, 1.165) is 12.2 Å². The first-order valence-corrected chi connectivity index (χ1v) is 7.57. The molecule has 1 aliphatic heterocycles. The summed E-state index contributed by atoms with van der Waals surface area (Å²) in [6, 6.07) is 8.16. The Morgan fingerprint density at radius 2 is 1.81 bits per heavy atom. The summed E-state index contributed by atoms with van der Waals surface area (Å²) >= 11 is 0. The zero-order valence-electron chi connectivity index (χ0n) is 11.8. The average Bonchev–Trinajstić information content (AvgIpc) is 2.87. The number of alkyl halides is 3. The molecule has 1 aromatic carbocycles. The van der Waals surface area contributed by atoms with Crippen molar-refractivity contribution in [2.24, 2.45) is 5.92 Å². The molecule has 0 bridgehead atoms. The standard InChI is InChI=1S/C16H20F3NO/c17-16(18,19)12-5-7-13(8-6-12)20-10-14-9-11-3-1-2-4-15(11)21-14/h1-4,12-14,20H,5-10H2. The summed E-state index contributed by atoms with van der Waals surface area (Å²) in [6.45, 7) is 0.704. The predicted octanol–water partition coefficient (Wildman–Crippen LogP) is 3.70. The van der Waals surface area contributed by atoms with E-state index in [1.807, 2.05) is 18.2 Å². The molecule has 3 rings (SSSR count). The van der Waals surface area contributed by atoms with Gasteiger partial charge in [-0.1, -0.05) is 18.2 Å². The number of halogens is 3. The van der Waals surface area contributed by atoms with E-state index in [0.29, 0.717) is 19.4 Å². The SMILES string of the molecule is FC(F)(F)C1CCC(NCC2Cc3ccccc3O2)CC1. The Balaban J connectivity index is 1.42. The lowest BCUT2D eigenvalue weighted by Gasteiger charge is -2.31. The van der Waals surface area contributed by atoms with Crippen molar-refractivity contribution in [2.45, 2.75) is 50.4 Å². The molecular weight excluding hydrogens is 279 g/mol. The Hall–Kier alpha value is -1.23. The molecule has 0 amide bonds. The van der Waals surface area contributed by atoms with Gasteiger partial charge in [0.25, 0.3) is 0 Å². The van der Waals surface area contributed by atoms with Gasteiger partial charge in [0.15, 0.2) is 0 Å². The Bertz CT molecular complexity index is 456. The molecule has 116 valence electrons. The summed E-state index contributed by atoms with van der Waals surface area (Å²) in [4.78, 5) is 0. The number of benzene rings is 1. The van der Waals surface area contributed by atoms with Crippen LogP contribution in [0.5, 0.6) is 5.75 Å². The van der Waals surface area contributed by atoms with Crippen molar-refractivity contribution < 1.29 is 17.9 Å². The zero-order chi connectivity index (χ0) is 14.9. The lowest BCUT2D eigenvalue weighted by molar-refractivity contribution is -0.182. The lowest BCUT2D eigenvalue weighted by atomic mass is 9.85. The van der Waals surface area contributed by atoms with Gasteiger partial charge in [0.05, 0.1) is 5.92 Å². The van der Waals surface area contributed by atoms with Gasteiger partial charge in [0.1, 0.15) is 11.9 Å². The van der Waals surface area contributed by atoms with Gasteiger partial charge in [0, 0.05) is 19.0 Å². The number of fused-ring (bicyclic) bond motifs is 1. The molecule has 1 aliphatic carbocycles. The van der Waals surface area contributed by atoms with Crippen LogP contribution in [-0.4, -0.2) is 24.9 Å². The third kappa shape index (κ3) is 3.51. The van der Waals surface area contributed by atoms with Gasteiger partial charge in [-0.15, -0.1) is 0 Å². The van der Waals surface area contributed by atoms with Crippen LogP contribution in [0.4, 0.5) is 13.2 Å². The van der Waals surface area contributed by atoms with Crippen LogP contribution in [-0.2, 0) is 6.42 Å². The van der Waals surface area contributed by atoms with Crippen LogP contribution in [0.2, 0.25) is 0 Å². The minimum Gasteiger partial charge on any atom is -0.488 e. The van der Waals surface area contributed by atoms with Crippen molar-refractivity contribution in [3.8, 4) is 5.75 Å². The molecule has 1 unspecified atom stereocenters. The maximum absolute atomic E-state index is 12.6. The Kier molecular flexibility index (Phi) is 4.11. The number of hydrogen-bond donors (Lipinski definition) is 1. The Morgan fingerprint density at radius 3 is 2.48 bits per heavy atom. The van der Waals surface area contributed by atoms with E-state index < -0.39 is 12.1 Å². The van der Waals surface area contributed by atoms with E-state index in [9.17, 15) is 13.2 Å². The summed E-state index contributed by atoms with van der Waals surface area (Å²) < 4.78 is 43.7. The van der Waals surface area contributed by atoms with Crippen molar-refractivity contribution in [3.63, 3.8) is 0 Å². The molecule has 1 saturated carbocycles. The van der Waals surface area contributed by atoms with Crippen molar-refractivity contribution in [1.82, 2.24) is 5.32 Å². The van der Waals surface area contributed by atoms with Crippen LogP contribution < -0.4 is 10.1 Å². The quantitative estimate of drug-likeness (QED) is 0.919. The molecule has 0 saturated heterocycles. The van der Waals surface area contributed by atoms with E-state index in [4.69, 9.17) is 4.74 Å². The molecule has 1 heterocycles. The number of ether oxygens (including phenoxy) is 1. The van der Waals surface area contributed by atoms with Crippen molar-refractivity contribution >= 4 is 0 Å². The van der Waals surface area contributed by atoms with Gasteiger partial charge in [-0.25, -0.2) is 0 Å². The highest BCUT2D eigenvalue weighted by Crippen LogP contribution is 2.37. The summed E-state index contributed by atoms with van der Waals surface area (Å²) in [6.07, 6.45) is -1.36. The first kappa shape index (κ1) is 14.7.